The Hall–Kier alpha value is -0.870. The Balaban J connectivity index is 2.71. The summed E-state index contributed by atoms with van der Waals surface area (Å²) in [7, 11) is 1.57. The minimum atomic E-state index is 0.222. The van der Waals surface area contributed by atoms with E-state index in [1.807, 2.05) is 25.1 Å². The number of benzene rings is 1. The van der Waals surface area contributed by atoms with Gasteiger partial charge in [-0.15, -0.1) is 0 Å². The zero-order valence-electron chi connectivity index (χ0n) is 9.46. The quantitative estimate of drug-likeness (QED) is 0.755. The molecule has 3 nitrogen and oxygen atoms in total. The zero-order chi connectivity index (χ0) is 12.0. The second-order valence-corrected chi connectivity index (χ2v) is 4.23. The zero-order valence-corrected chi connectivity index (χ0v) is 11.0. The molecule has 16 heavy (non-hydrogen) atoms. The van der Waals surface area contributed by atoms with Gasteiger partial charge in [0.05, 0.1) is 0 Å². The largest absolute Gasteiger partial charge is 0.468 e. The Bertz CT molecular complexity index is 363. The normalized spacial score (nSPS) is 10.2. The van der Waals surface area contributed by atoms with E-state index >= 15 is 0 Å². The van der Waals surface area contributed by atoms with Crippen molar-refractivity contribution in [2.24, 2.45) is 0 Å². The van der Waals surface area contributed by atoms with Gasteiger partial charge >= 0.3 is 0 Å². The molecule has 0 atom stereocenters. The number of carbonyl (C=O) groups excluding carboxylic acids is 1. The minimum absolute atomic E-state index is 0.222. The number of Topliss-reactive ketones (excluding diaryl/α,β-unsaturated/α-hetero) is 1. The number of halogens is 1. The minimum Gasteiger partial charge on any atom is -0.468 e. The molecular weight excluding hydrogens is 272 g/mol. The van der Waals surface area contributed by atoms with Crippen LogP contribution in [0.1, 0.15) is 18.9 Å². The summed E-state index contributed by atoms with van der Waals surface area (Å²) in [6.07, 6.45) is 1.02. The lowest BCUT2D eigenvalue weighted by molar-refractivity contribution is -0.118. The fraction of sp³-hybridized carbons (Fsp3) is 0.417. The highest BCUT2D eigenvalue weighted by Crippen LogP contribution is 2.23. The van der Waals surface area contributed by atoms with E-state index in [9.17, 15) is 4.79 Å². The van der Waals surface area contributed by atoms with Gasteiger partial charge in [0.25, 0.3) is 0 Å². The Kier molecular flexibility index (Phi) is 5.49. The highest BCUT2D eigenvalue weighted by Gasteiger charge is 2.06. The predicted octanol–water partition coefficient (Wildman–Crippen LogP) is 2.95. The molecule has 0 heterocycles. The van der Waals surface area contributed by atoms with Crippen molar-refractivity contribution in [1.29, 1.82) is 0 Å². The van der Waals surface area contributed by atoms with E-state index in [1.165, 1.54) is 0 Å². The lowest BCUT2D eigenvalue weighted by atomic mass is 10.1. The molecule has 0 saturated heterocycles. The standard InChI is InChI=1S/C12H15BrO3/c1-3-10(14)6-9-4-5-11(7-12(9)13)16-8-15-2/h4-5,7H,3,6,8H2,1-2H3. The maximum absolute atomic E-state index is 11.3. The lowest BCUT2D eigenvalue weighted by Crippen LogP contribution is -2.02. The van der Waals surface area contributed by atoms with Crippen LogP contribution < -0.4 is 4.74 Å². The van der Waals surface area contributed by atoms with Gasteiger partial charge in [0.1, 0.15) is 11.5 Å². The topological polar surface area (TPSA) is 35.5 Å². The van der Waals surface area contributed by atoms with Gasteiger partial charge in [-0.3, -0.25) is 4.79 Å². The highest BCUT2D eigenvalue weighted by molar-refractivity contribution is 9.10. The van der Waals surface area contributed by atoms with E-state index in [0.29, 0.717) is 12.8 Å². The molecule has 1 aromatic carbocycles. The van der Waals surface area contributed by atoms with E-state index in [4.69, 9.17) is 9.47 Å². The number of hydrogen-bond acceptors (Lipinski definition) is 3. The van der Waals surface area contributed by atoms with Crippen molar-refractivity contribution < 1.29 is 14.3 Å². The van der Waals surface area contributed by atoms with Crippen molar-refractivity contribution in [2.75, 3.05) is 13.9 Å². The maximum Gasteiger partial charge on any atom is 0.188 e. The Labute approximate surface area is 104 Å². The molecule has 0 unspecified atom stereocenters. The summed E-state index contributed by atoms with van der Waals surface area (Å²) in [5.41, 5.74) is 0.983. The molecule has 0 saturated carbocycles. The van der Waals surface area contributed by atoms with Crippen LogP contribution in [0.2, 0.25) is 0 Å². The first-order valence-corrected chi connectivity index (χ1v) is 5.88. The summed E-state index contributed by atoms with van der Waals surface area (Å²) in [6.45, 7) is 2.09. The fourth-order valence-electron chi connectivity index (χ4n) is 1.23. The summed E-state index contributed by atoms with van der Waals surface area (Å²) < 4.78 is 11.0. The Morgan fingerprint density at radius 3 is 2.75 bits per heavy atom. The molecule has 0 aliphatic rings. The molecule has 0 aliphatic carbocycles. The third-order valence-corrected chi connectivity index (χ3v) is 2.89. The molecular formula is C12H15BrO3. The van der Waals surface area contributed by atoms with Crippen molar-refractivity contribution in [3.8, 4) is 5.75 Å². The van der Waals surface area contributed by atoms with Crippen molar-refractivity contribution in [3.63, 3.8) is 0 Å². The molecule has 0 spiro atoms. The lowest BCUT2D eigenvalue weighted by Gasteiger charge is -2.07. The first-order valence-electron chi connectivity index (χ1n) is 5.09. The van der Waals surface area contributed by atoms with Crippen LogP contribution in [0, 0.1) is 0 Å². The summed E-state index contributed by atoms with van der Waals surface area (Å²) >= 11 is 3.42. The number of carbonyl (C=O) groups is 1. The van der Waals surface area contributed by atoms with Crippen LogP contribution in [0.15, 0.2) is 22.7 Å². The van der Waals surface area contributed by atoms with Gasteiger partial charge in [0.2, 0.25) is 0 Å². The van der Waals surface area contributed by atoms with Crippen LogP contribution in [0.25, 0.3) is 0 Å². The van der Waals surface area contributed by atoms with E-state index in [2.05, 4.69) is 15.9 Å². The van der Waals surface area contributed by atoms with Crippen molar-refractivity contribution in [2.45, 2.75) is 19.8 Å². The van der Waals surface area contributed by atoms with Crippen LogP contribution in [-0.4, -0.2) is 19.7 Å². The number of ether oxygens (including phenoxy) is 2. The van der Waals surface area contributed by atoms with E-state index in [0.717, 1.165) is 15.8 Å². The first-order chi connectivity index (χ1) is 7.67. The highest BCUT2D eigenvalue weighted by atomic mass is 79.9. The summed E-state index contributed by atoms with van der Waals surface area (Å²) in [6, 6.07) is 5.57. The second-order valence-electron chi connectivity index (χ2n) is 3.37. The van der Waals surface area contributed by atoms with Crippen LogP contribution in [-0.2, 0) is 16.0 Å². The third kappa shape index (κ3) is 3.94. The van der Waals surface area contributed by atoms with Crippen molar-refractivity contribution in [1.82, 2.24) is 0 Å². The van der Waals surface area contributed by atoms with Gasteiger partial charge in [-0.25, -0.2) is 0 Å². The maximum atomic E-state index is 11.3. The van der Waals surface area contributed by atoms with Crippen LogP contribution >= 0.6 is 15.9 Å². The molecule has 0 N–H and O–H groups in total. The van der Waals surface area contributed by atoms with E-state index in [1.54, 1.807) is 7.11 Å². The SMILES string of the molecule is CCC(=O)Cc1ccc(OCOC)cc1Br. The van der Waals surface area contributed by atoms with Crippen LogP contribution in [0.3, 0.4) is 0 Å². The molecule has 0 fully saturated rings. The number of methoxy groups -OCH3 is 1. The van der Waals surface area contributed by atoms with E-state index in [-0.39, 0.29) is 12.6 Å². The molecule has 1 aromatic rings. The van der Waals surface area contributed by atoms with Crippen LogP contribution in [0.5, 0.6) is 5.75 Å². The molecule has 4 heteroatoms. The molecule has 0 aromatic heterocycles. The van der Waals surface area contributed by atoms with Gasteiger partial charge in [0, 0.05) is 24.4 Å². The van der Waals surface area contributed by atoms with Crippen molar-refractivity contribution in [3.05, 3.63) is 28.2 Å². The average molecular weight is 287 g/mol. The van der Waals surface area contributed by atoms with Crippen molar-refractivity contribution >= 4 is 21.7 Å². The molecule has 1 rings (SSSR count). The number of hydrogen-bond donors (Lipinski definition) is 0. The van der Waals surface area contributed by atoms with Gasteiger partial charge in [-0.2, -0.15) is 0 Å². The molecule has 0 amide bonds. The molecule has 0 aliphatic heterocycles. The van der Waals surface area contributed by atoms with Gasteiger partial charge < -0.3 is 9.47 Å². The fourth-order valence-corrected chi connectivity index (χ4v) is 1.72. The Morgan fingerprint density at radius 2 is 2.19 bits per heavy atom. The monoisotopic (exact) mass is 286 g/mol. The molecule has 0 radical (unpaired) electrons. The Morgan fingerprint density at radius 1 is 1.44 bits per heavy atom. The molecule has 88 valence electrons. The van der Waals surface area contributed by atoms with E-state index < -0.39 is 0 Å². The van der Waals surface area contributed by atoms with Gasteiger partial charge in [-0.1, -0.05) is 28.9 Å². The van der Waals surface area contributed by atoms with Gasteiger partial charge in [0.15, 0.2) is 6.79 Å². The smallest absolute Gasteiger partial charge is 0.188 e. The third-order valence-electron chi connectivity index (χ3n) is 2.15. The van der Waals surface area contributed by atoms with Gasteiger partial charge in [-0.05, 0) is 17.7 Å². The second kappa shape index (κ2) is 6.66. The summed E-state index contributed by atoms with van der Waals surface area (Å²) in [5.74, 6) is 0.952. The number of rotatable bonds is 6. The molecule has 0 bridgehead atoms. The number of ketones is 1. The van der Waals surface area contributed by atoms with Crippen LogP contribution in [0.4, 0.5) is 0 Å². The predicted molar refractivity (Wildman–Crippen MR) is 65.6 cm³/mol. The average Bonchev–Trinajstić information content (AvgIpc) is 2.29. The summed E-state index contributed by atoms with van der Waals surface area (Å²) in [5, 5.41) is 0. The summed E-state index contributed by atoms with van der Waals surface area (Å²) in [4.78, 5) is 11.3. The first kappa shape index (κ1) is 13.2.